The van der Waals surface area contributed by atoms with E-state index in [9.17, 15) is 4.39 Å². The number of hydrogen-bond acceptors (Lipinski definition) is 3. The van der Waals surface area contributed by atoms with Crippen LogP contribution in [0.25, 0.3) is 0 Å². The van der Waals surface area contributed by atoms with E-state index in [1.54, 1.807) is 16.9 Å². The third-order valence-electron chi connectivity index (χ3n) is 2.33. The number of aromatic nitrogens is 2. The first-order valence-electron chi connectivity index (χ1n) is 5.27. The minimum Gasteiger partial charge on any atom is -0.489 e. The van der Waals surface area contributed by atoms with Crippen LogP contribution >= 0.6 is 0 Å². The fourth-order valence-corrected chi connectivity index (χ4v) is 1.53. The normalized spacial score (nSPS) is 10.5. The first-order chi connectivity index (χ1) is 8.17. The van der Waals surface area contributed by atoms with Crippen LogP contribution < -0.4 is 10.5 Å². The van der Waals surface area contributed by atoms with Gasteiger partial charge in [-0.05, 0) is 17.7 Å². The molecular formula is C12H14FN3O. The minimum absolute atomic E-state index is 0.293. The van der Waals surface area contributed by atoms with Crippen molar-refractivity contribution in [3.8, 4) is 5.75 Å². The summed E-state index contributed by atoms with van der Waals surface area (Å²) in [5.41, 5.74) is 7.11. The largest absolute Gasteiger partial charge is 0.489 e. The van der Waals surface area contributed by atoms with Gasteiger partial charge in [0, 0.05) is 31.4 Å². The Morgan fingerprint density at radius 3 is 2.82 bits per heavy atom. The van der Waals surface area contributed by atoms with Crippen molar-refractivity contribution in [2.24, 2.45) is 12.8 Å². The van der Waals surface area contributed by atoms with Gasteiger partial charge in [-0.1, -0.05) is 0 Å². The van der Waals surface area contributed by atoms with Crippen LogP contribution in [0.15, 0.2) is 30.6 Å². The summed E-state index contributed by atoms with van der Waals surface area (Å²) in [5.74, 6) is 0.142. The molecule has 2 N–H and O–H groups in total. The smallest absolute Gasteiger partial charge is 0.127 e. The number of nitrogens with two attached hydrogens (primary N) is 1. The van der Waals surface area contributed by atoms with Crippen molar-refractivity contribution >= 4 is 0 Å². The molecule has 2 aromatic rings. The molecule has 1 heterocycles. The van der Waals surface area contributed by atoms with Crippen LogP contribution in [-0.2, 0) is 20.2 Å². The minimum atomic E-state index is -0.339. The molecule has 0 saturated carbocycles. The predicted molar refractivity (Wildman–Crippen MR) is 61.8 cm³/mol. The van der Waals surface area contributed by atoms with Crippen LogP contribution in [0.5, 0.6) is 5.75 Å². The highest BCUT2D eigenvalue weighted by Gasteiger charge is 2.02. The van der Waals surface area contributed by atoms with Gasteiger partial charge in [0.15, 0.2) is 0 Å². The number of ether oxygens (including phenoxy) is 1. The van der Waals surface area contributed by atoms with Crippen LogP contribution in [-0.4, -0.2) is 9.78 Å². The van der Waals surface area contributed by atoms with Crippen molar-refractivity contribution in [3.05, 3.63) is 47.5 Å². The van der Waals surface area contributed by atoms with E-state index in [2.05, 4.69) is 5.10 Å². The second-order valence-corrected chi connectivity index (χ2v) is 3.81. The Bertz CT molecular complexity index is 510. The standard InChI is InChI=1S/C12H14FN3O/c1-16-7-10(6-15-16)8-17-12-3-9(5-14)2-11(13)4-12/h2-4,6-7H,5,8,14H2,1H3. The van der Waals surface area contributed by atoms with E-state index in [1.165, 1.54) is 12.1 Å². The molecule has 1 aromatic heterocycles. The van der Waals surface area contributed by atoms with E-state index >= 15 is 0 Å². The molecule has 0 spiro atoms. The molecule has 5 heteroatoms. The predicted octanol–water partition coefficient (Wildman–Crippen LogP) is 1.60. The van der Waals surface area contributed by atoms with Crippen LogP contribution in [0.2, 0.25) is 0 Å². The summed E-state index contributed by atoms with van der Waals surface area (Å²) in [5, 5.41) is 4.02. The second kappa shape index (κ2) is 4.97. The molecule has 0 fully saturated rings. The topological polar surface area (TPSA) is 53.1 Å². The van der Waals surface area contributed by atoms with Crippen LogP contribution in [0.4, 0.5) is 4.39 Å². The van der Waals surface area contributed by atoms with Gasteiger partial charge in [-0.3, -0.25) is 4.68 Å². The zero-order valence-corrected chi connectivity index (χ0v) is 9.56. The fourth-order valence-electron chi connectivity index (χ4n) is 1.53. The van der Waals surface area contributed by atoms with Crippen molar-refractivity contribution in [1.82, 2.24) is 9.78 Å². The lowest BCUT2D eigenvalue weighted by atomic mass is 10.2. The molecule has 0 atom stereocenters. The van der Waals surface area contributed by atoms with Crippen molar-refractivity contribution in [1.29, 1.82) is 0 Å². The number of aryl methyl sites for hydroxylation is 1. The molecule has 0 amide bonds. The lowest BCUT2D eigenvalue weighted by Gasteiger charge is -2.06. The first-order valence-corrected chi connectivity index (χ1v) is 5.27. The maximum atomic E-state index is 13.2. The van der Waals surface area contributed by atoms with E-state index in [0.717, 1.165) is 5.56 Å². The number of halogens is 1. The molecular weight excluding hydrogens is 221 g/mol. The van der Waals surface area contributed by atoms with Gasteiger partial charge in [0.1, 0.15) is 18.2 Å². The van der Waals surface area contributed by atoms with Gasteiger partial charge in [0.05, 0.1) is 6.20 Å². The van der Waals surface area contributed by atoms with E-state index in [4.69, 9.17) is 10.5 Å². The summed E-state index contributed by atoms with van der Waals surface area (Å²) in [6.45, 7) is 0.655. The molecule has 0 aliphatic carbocycles. The molecule has 0 aliphatic heterocycles. The summed E-state index contributed by atoms with van der Waals surface area (Å²) >= 11 is 0. The summed E-state index contributed by atoms with van der Waals surface area (Å²) in [6, 6.07) is 4.48. The summed E-state index contributed by atoms with van der Waals surface area (Å²) in [4.78, 5) is 0. The molecule has 0 saturated heterocycles. The molecule has 0 aliphatic rings. The zero-order chi connectivity index (χ0) is 12.3. The number of hydrogen-bond donors (Lipinski definition) is 1. The van der Waals surface area contributed by atoms with Gasteiger partial charge in [-0.25, -0.2) is 4.39 Å². The molecule has 4 nitrogen and oxygen atoms in total. The maximum absolute atomic E-state index is 13.2. The summed E-state index contributed by atoms with van der Waals surface area (Å²) in [6.07, 6.45) is 3.56. The van der Waals surface area contributed by atoms with Gasteiger partial charge in [0.25, 0.3) is 0 Å². The highest BCUT2D eigenvalue weighted by molar-refractivity contribution is 5.29. The molecule has 90 valence electrons. The second-order valence-electron chi connectivity index (χ2n) is 3.81. The van der Waals surface area contributed by atoms with Gasteiger partial charge >= 0.3 is 0 Å². The van der Waals surface area contributed by atoms with Gasteiger partial charge < -0.3 is 10.5 Å². The van der Waals surface area contributed by atoms with Crippen LogP contribution in [0.3, 0.4) is 0 Å². The SMILES string of the molecule is Cn1cc(COc2cc(F)cc(CN)c2)cn1. The Morgan fingerprint density at radius 2 is 2.18 bits per heavy atom. The third-order valence-corrected chi connectivity index (χ3v) is 2.33. The number of benzene rings is 1. The average Bonchev–Trinajstić information content (AvgIpc) is 2.72. The molecule has 17 heavy (non-hydrogen) atoms. The Hall–Kier alpha value is -1.88. The quantitative estimate of drug-likeness (QED) is 0.875. The monoisotopic (exact) mass is 235 g/mol. The highest BCUT2D eigenvalue weighted by atomic mass is 19.1. The Labute approximate surface area is 98.8 Å². The molecule has 0 unspecified atom stereocenters. The van der Waals surface area contributed by atoms with E-state index in [-0.39, 0.29) is 5.82 Å². The van der Waals surface area contributed by atoms with Gasteiger partial charge in [-0.15, -0.1) is 0 Å². The van der Waals surface area contributed by atoms with Crippen molar-refractivity contribution < 1.29 is 9.13 Å². The molecule has 1 aromatic carbocycles. The van der Waals surface area contributed by atoms with Gasteiger partial charge in [0.2, 0.25) is 0 Å². The molecule has 0 bridgehead atoms. The number of nitrogens with zero attached hydrogens (tertiary/aromatic N) is 2. The molecule has 2 rings (SSSR count). The van der Waals surface area contributed by atoms with E-state index < -0.39 is 0 Å². The first kappa shape index (κ1) is 11.6. The molecule has 0 radical (unpaired) electrons. The summed E-state index contributed by atoms with van der Waals surface area (Å²) in [7, 11) is 1.83. The zero-order valence-electron chi connectivity index (χ0n) is 9.56. The lowest BCUT2D eigenvalue weighted by Crippen LogP contribution is -2.00. The third kappa shape index (κ3) is 3.04. The highest BCUT2D eigenvalue weighted by Crippen LogP contribution is 2.17. The maximum Gasteiger partial charge on any atom is 0.127 e. The Morgan fingerprint density at radius 1 is 1.35 bits per heavy atom. The van der Waals surface area contributed by atoms with E-state index in [0.29, 0.717) is 24.5 Å². The number of rotatable bonds is 4. The Balaban J connectivity index is 2.05. The van der Waals surface area contributed by atoms with Gasteiger partial charge in [-0.2, -0.15) is 5.10 Å². The summed E-state index contributed by atoms with van der Waals surface area (Å²) < 4.78 is 20.4. The van der Waals surface area contributed by atoms with Crippen molar-refractivity contribution in [2.75, 3.05) is 0 Å². The van der Waals surface area contributed by atoms with Crippen molar-refractivity contribution in [3.63, 3.8) is 0 Å². The van der Waals surface area contributed by atoms with Crippen LogP contribution in [0.1, 0.15) is 11.1 Å². The van der Waals surface area contributed by atoms with Crippen molar-refractivity contribution in [2.45, 2.75) is 13.2 Å². The average molecular weight is 235 g/mol. The van der Waals surface area contributed by atoms with E-state index in [1.807, 2.05) is 13.2 Å². The fraction of sp³-hybridized carbons (Fsp3) is 0.250. The lowest BCUT2D eigenvalue weighted by molar-refractivity contribution is 0.304. The Kier molecular flexibility index (Phi) is 3.39. The van der Waals surface area contributed by atoms with Crippen LogP contribution in [0, 0.1) is 5.82 Å².